The van der Waals surface area contributed by atoms with Gasteiger partial charge in [0.05, 0.1) is 17.2 Å². The predicted octanol–water partition coefficient (Wildman–Crippen LogP) is 2.42. The molecule has 6 heteroatoms. The van der Waals surface area contributed by atoms with Crippen molar-refractivity contribution in [2.24, 2.45) is 0 Å². The molecule has 124 valence electrons. The van der Waals surface area contributed by atoms with E-state index in [2.05, 4.69) is 10.1 Å². The zero-order chi connectivity index (χ0) is 16.7. The zero-order valence-electron chi connectivity index (χ0n) is 13.6. The Bertz CT molecular complexity index is 763. The summed E-state index contributed by atoms with van der Waals surface area (Å²) in [5.41, 5.74) is 1.95. The van der Waals surface area contributed by atoms with Gasteiger partial charge in [-0.2, -0.15) is 0 Å². The summed E-state index contributed by atoms with van der Waals surface area (Å²) in [5, 5.41) is 4.13. The number of aryl methyl sites for hydroxylation is 1. The largest absolute Gasteiger partial charge is 0.361 e. The number of carbonyl (C=O) groups is 2. The van der Waals surface area contributed by atoms with Gasteiger partial charge < -0.3 is 4.52 Å². The number of amides is 2. The van der Waals surface area contributed by atoms with Crippen molar-refractivity contribution >= 4 is 11.8 Å². The van der Waals surface area contributed by atoms with Crippen molar-refractivity contribution in [2.45, 2.75) is 25.8 Å². The quantitative estimate of drug-likeness (QED) is 0.808. The van der Waals surface area contributed by atoms with E-state index >= 15 is 0 Å². The monoisotopic (exact) mass is 325 g/mol. The number of carbonyl (C=O) groups excluding carboxylic acids is 2. The van der Waals surface area contributed by atoms with Gasteiger partial charge in [0.2, 0.25) is 0 Å². The Hall–Kier alpha value is -2.47. The summed E-state index contributed by atoms with van der Waals surface area (Å²) in [6, 6.07) is 9.18. The molecule has 2 amide bonds. The number of hydrogen-bond acceptors (Lipinski definition) is 5. The molecule has 0 spiro atoms. The van der Waals surface area contributed by atoms with E-state index in [9.17, 15) is 9.59 Å². The Balaban J connectivity index is 1.46. The van der Waals surface area contributed by atoms with E-state index in [1.807, 2.05) is 13.0 Å². The first kappa shape index (κ1) is 15.1. The zero-order valence-corrected chi connectivity index (χ0v) is 13.6. The molecule has 3 heterocycles. The molecule has 1 unspecified atom stereocenters. The van der Waals surface area contributed by atoms with E-state index in [1.54, 1.807) is 24.3 Å². The highest BCUT2D eigenvalue weighted by Crippen LogP contribution is 2.31. The molecule has 1 aromatic heterocycles. The molecule has 6 nitrogen and oxygen atoms in total. The number of nitrogens with zero attached hydrogens (tertiary/aromatic N) is 3. The second-order valence-corrected chi connectivity index (χ2v) is 6.36. The SMILES string of the molecule is Cc1cc(C2CCCN2CCN2C(=O)c3ccccc3C2=O)no1. The molecular formula is C18H19N3O3. The van der Waals surface area contributed by atoms with Crippen LogP contribution in [0.15, 0.2) is 34.9 Å². The van der Waals surface area contributed by atoms with E-state index in [4.69, 9.17) is 4.52 Å². The number of aromatic nitrogens is 1. The summed E-state index contributed by atoms with van der Waals surface area (Å²) in [6.07, 6.45) is 2.10. The third kappa shape index (κ3) is 2.43. The molecule has 1 saturated heterocycles. The first-order valence-corrected chi connectivity index (χ1v) is 8.27. The first-order chi connectivity index (χ1) is 11.6. The number of rotatable bonds is 4. The second kappa shape index (κ2) is 5.87. The van der Waals surface area contributed by atoms with Crippen molar-refractivity contribution in [2.75, 3.05) is 19.6 Å². The highest BCUT2D eigenvalue weighted by atomic mass is 16.5. The Labute approximate surface area is 140 Å². The predicted molar refractivity (Wildman–Crippen MR) is 86.6 cm³/mol. The van der Waals surface area contributed by atoms with Gasteiger partial charge in [-0.05, 0) is 38.4 Å². The van der Waals surface area contributed by atoms with E-state index in [0.29, 0.717) is 24.2 Å². The van der Waals surface area contributed by atoms with E-state index < -0.39 is 0 Å². The molecule has 1 fully saturated rings. The Morgan fingerprint density at radius 1 is 1.17 bits per heavy atom. The van der Waals surface area contributed by atoms with Crippen molar-refractivity contribution in [1.82, 2.24) is 15.0 Å². The maximum Gasteiger partial charge on any atom is 0.261 e. The lowest BCUT2D eigenvalue weighted by atomic mass is 10.1. The van der Waals surface area contributed by atoms with Crippen LogP contribution in [0.4, 0.5) is 0 Å². The van der Waals surface area contributed by atoms with Gasteiger partial charge in [-0.25, -0.2) is 0 Å². The summed E-state index contributed by atoms with van der Waals surface area (Å²) >= 11 is 0. The van der Waals surface area contributed by atoms with Crippen LogP contribution in [0.1, 0.15) is 51.1 Å². The Morgan fingerprint density at radius 3 is 2.50 bits per heavy atom. The molecule has 0 bridgehead atoms. The maximum atomic E-state index is 12.4. The standard InChI is InChI=1S/C18H19N3O3/c1-12-11-15(19-24-12)16-7-4-8-20(16)9-10-21-17(22)13-5-2-3-6-14(13)18(21)23/h2-3,5-6,11,16H,4,7-10H2,1H3. The minimum Gasteiger partial charge on any atom is -0.361 e. The topological polar surface area (TPSA) is 66.7 Å². The highest BCUT2D eigenvalue weighted by molar-refractivity contribution is 6.21. The fourth-order valence-electron chi connectivity index (χ4n) is 3.64. The number of hydrogen-bond donors (Lipinski definition) is 0. The number of imide groups is 1. The molecule has 0 N–H and O–H groups in total. The molecule has 2 aromatic rings. The lowest BCUT2D eigenvalue weighted by molar-refractivity contribution is 0.0632. The van der Waals surface area contributed by atoms with Crippen molar-refractivity contribution < 1.29 is 14.1 Å². The fraction of sp³-hybridized carbons (Fsp3) is 0.389. The van der Waals surface area contributed by atoms with Gasteiger partial charge in [-0.3, -0.25) is 19.4 Å². The van der Waals surface area contributed by atoms with Crippen LogP contribution in [0.3, 0.4) is 0 Å². The third-order valence-electron chi connectivity index (χ3n) is 4.84. The minimum absolute atomic E-state index is 0.191. The normalized spacial score (nSPS) is 20.9. The van der Waals surface area contributed by atoms with Gasteiger partial charge in [0, 0.05) is 19.2 Å². The molecule has 24 heavy (non-hydrogen) atoms. The fourth-order valence-corrected chi connectivity index (χ4v) is 3.64. The molecule has 0 aliphatic carbocycles. The number of likely N-dealkylation sites (tertiary alicyclic amines) is 1. The van der Waals surface area contributed by atoms with Crippen LogP contribution in [-0.2, 0) is 0 Å². The summed E-state index contributed by atoms with van der Waals surface area (Å²) < 4.78 is 5.18. The van der Waals surface area contributed by atoms with Crippen LogP contribution in [0.5, 0.6) is 0 Å². The molecule has 2 aliphatic heterocycles. The number of fused-ring (bicyclic) bond motifs is 1. The minimum atomic E-state index is -0.191. The van der Waals surface area contributed by atoms with E-state index in [0.717, 1.165) is 30.8 Å². The molecule has 2 aliphatic rings. The van der Waals surface area contributed by atoms with Crippen LogP contribution in [0.2, 0.25) is 0 Å². The van der Waals surface area contributed by atoms with Crippen LogP contribution >= 0.6 is 0 Å². The van der Waals surface area contributed by atoms with Gasteiger partial charge in [0.1, 0.15) is 11.5 Å². The number of benzene rings is 1. The van der Waals surface area contributed by atoms with Crippen LogP contribution in [0.25, 0.3) is 0 Å². The third-order valence-corrected chi connectivity index (χ3v) is 4.84. The molecule has 1 atom stereocenters. The van der Waals surface area contributed by atoms with Crippen molar-refractivity contribution in [3.63, 3.8) is 0 Å². The van der Waals surface area contributed by atoms with Gasteiger partial charge >= 0.3 is 0 Å². The van der Waals surface area contributed by atoms with Crippen LogP contribution < -0.4 is 0 Å². The van der Waals surface area contributed by atoms with Gasteiger partial charge in [0.15, 0.2) is 0 Å². The molecule has 0 saturated carbocycles. The van der Waals surface area contributed by atoms with Gasteiger partial charge in [-0.15, -0.1) is 0 Å². The Morgan fingerprint density at radius 2 is 1.88 bits per heavy atom. The second-order valence-electron chi connectivity index (χ2n) is 6.36. The first-order valence-electron chi connectivity index (χ1n) is 8.27. The molecule has 1 aromatic carbocycles. The van der Waals surface area contributed by atoms with Crippen molar-refractivity contribution in [3.8, 4) is 0 Å². The Kier molecular flexibility index (Phi) is 3.69. The average Bonchev–Trinajstić information content (AvgIpc) is 3.27. The molecule has 0 radical (unpaired) electrons. The van der Waals surface area contributed by atoms with E-state index in [1.165, 1.54) is 4.90 Å². The summed E-state index contributed by atoms with van der Waals surface area (Å²) in [5.74, 6) is 0.421. The van der Waals surface area contributed by atoms with Crippen molar-refractivity contribution in [3.05, 3.63) is 52.9 Å². The summed E-state index contributed by atoms with van der Waals surface area (Å²) in [7, 11) is 0. The van der Waals surface area contributed by atoms with E-state index in [-0.39, 0.29) is 17.9 Å². The van der Waals surface area contributed by atoms with Crippen LogP contribution in [-0.4, -0.2) is 46.4 Å². The van der Waals surface area contributed by atoms with Gasteiger partial charge in [0.25, 0.3) is 11.8 Å². The highest BCUT2D eigenvalue weighted by Gasteiger charge is 2.36. The molecular weight excluding hydrogens is 306 g/mol. The van der Waals surface area contributed by atoms with Crippen molar-refractivity contribution in [1.29, 1.82) is 0 Å². The van der Waals surface area contributed by atoms with Crippen LogP contribution in [0, 0.1) is 6.92 Å². The maximum absolute atomic E-state index is 12.4. The smallest absolute Gasteiger partial charge is 0.261 e. The lowest BCUT2D eigenvalue weighted by Crippen LogP contribution is -2.38. The summed E-state index contributed by atoms with van der Waals surface area (Å²) in [6.45, 7) is 3.88. The van der Waals surface area contributed by atoms with Gasteiger partial charge in [-0.1, -0.05) is 17.3 Å². The average molecular weight is 325 g/mol. The molecule has 4 rings (SSSR count). The summed E-state index contributed by atoms with van der Waals surface area (Å²) in [4.78, 5) is 28.5. The lowest BCUT2D eigenvalue weighted by Gasteiger charge is -2.24.